The molecule has 1 spiro atoms. The number of fused-ring (bicyclic) bond motifs is 1. The van der Waals surface area contributed by atoms with Crippen molar-refractivity contribution in [2.75, 3.05) is 82.8 Å². The van der Waals surface area contributed by atoms with Crippen LogP contribution in [0.3, 0.4) is 0 Å². The first-order chi connectivity index (χ1) is 20.3. The molecule has 2 aromatic rings. The number of aromatic nitrogens is 2. The lowest BCUT2D eigenvalue weighted by Crippen LogP contribution is -2.57. The molecule has 15 heteroatoms. The lowest BCUT2D eigenvalue weighted by molar-refractivity contribution is -0.0634. The minimum absolute atomic E-state index is 0.0352. The van der Waals surface area contributed by atoms with E-state index in [0.29, 0.717) is 58.3 Å². The van der Waals surface area contributed by atoms with Gasteiger partial charge < -0.3 is 40.8 Å². The number of anilines is 3. The summed E-state index contributed by atoms with van der Waals surface area (Å²) in [5.41, 5.74) is 13.8. The van der Waals surface area contributed by atoms with Gasteiger partial charge in [0.05, 0.1) is 31.9 Å². The van der Waals surface area contributed by atoms with E-state index >= 15 is 0 Å². The number of hydrogen-bond acceptors (Lipinski definition) is 12. The van der Waals surface area contributed by atoms with Crippen molar-refractivity contribution in [2.45, 2.75) is 24.8 Å². The van der Waals surface area contributed by atoms with Crippen LogP contribution in [0.25, 0.3) is 0 Å². The first-order valence-corrected chi connectivity index (χ1v) is 14.2. The fourth-order valence-electron chi connectivity index (χ4n) is 5.43. The van der Waals surface area contributed by atoms with Gasteiger partial charge in [-0.05, 0) is 37.0 Å². The van der Waals surface area contributed by atoms with Gasteiger partial charge in [-0.3, -0.25) is 19.9 Å². The zero-order valence-corrected chi connectivity index (χ0v) is 24.3. The quantitative estimate of drug-likeness (QED) is 0.222. The van der Waals surface area contributed by atoms with Crippen LogP contribution in [0.15, 0.2) is 23.2 Å². The fourth-order valence-corrected chi connectivity index (χ4v) is 5.55. The molecule has 5 rings (SSSR count). The maximum Gasteiger partial charge on any atom is 0.280 e. The summed E-state index contributed by atoms with van der Waals surface area (Å²) >= 11 is 5.90. The van der Waals surface area contributed by atoms with Crippen LogP contribution in [0.2, 0.25) is 5.15 Å². The average molecular weight is 602 g/mol. The Morgan fingerprint density at radius 3 is 2.67 bits per heavy atom. The van der Waals surface area contributed by atoms with Gasteiger partial charge in [-0.1, -0.05) is 17.7 Å². The van der Waals surface area contributed by atoms with Crippen LogP contribution in [-0.2, 0) is 20.6 Å². The van der Waals surface area contributed by atoms with Crippen LogP contribution in [0, 0.1) is 0 Å². The maximum atomic E-state index is 13.6. The molecule has 1 fully saturated rings. The minimum atomic E-state index is -0.591. The predicted octanol–water partition coefficient (Wildman–Crippen LogP) is 0.658. The molecule has 42 heavy (non-hydrogen) atoms. The third-order valence-electron chi connectivity index (χ3n) is 7.74. The van der Waals surface area contributed by atoms with E-state index in [2.05, 4.69) is 36.6 Å². The molecule has 0 unspecified atom stereocenters. The molecule has 0 saturated carbocycles. The number of nitrogens with zero attached hydrogens (tertiary/aromatic N) is 5. The molecule has 1 saturated heterocycles. The van der Waals surface area contributed by atoms with Gasteiger partial charge in [0.25, 0.3) is 11.8 Å². The molecular weight excluding hydrogens is 566 g/mol. The molecule has 1 aromatic heterocycles. The van der Waals surface area contributed by atoms with E-state index in [-0.39, 0.29) is 40.7 Å². The van der Waals surface area contributed by atoms with Crippen molar-refractivity contribution < 1.29 is 23.8 Å². The average Bonchev–Trinajstić information content (AvgIpc) is 3.58. The summed E-state index contributed by atoms with van der Waals surface area (Å²) in [7, 11) is 1.63. The number of likely N-dealkylation sites (tertiary alicyclic amines) is 1. The molecule has 2 amide bonds. The van der Waals surface area contributed by atoms with Gasteiger partial charge in [-0.25, -0.2) is 9.97 Å². The predicted molar refractivity (Wildman–Crippen MR) is 158 cm³/mol. The number of piperidine rings is 1. The summed E-state index contributed by atoms with van der Waals surface area (Å²) in [6, 6.07) is 5.92. The highest BCUT2D eigenvalue weighted by atomic mass is 35.5. The zero-order chi connectivity index (χ0) is 29.7. The molecule has 3 aliphatic heterocycles. The fraction of sp³-hybridized carbons (Fsp3) is 0.519. The third-order valence-corrected chi connectivity index (χ3v) is 8.02. The molecule has 0 bridgehead atoms. The number of guanidine groups is 1. The summed E-state index contributed by atoms with van der Waals surface area (Å²) in [6.45, 7) is 4.97. The summed E-state index contributed by atoms with van der Waals surface area (Å²) < 4.78 is 15.9. The number of aliphatic imine (C=N–C) groups is 1. The summed E-state index contributed by atoms with van der Waals surface area (Å²) in [5, 5.41) is 5.92. The number of rotatable bonds is 10. The smallest absolute Gasteiger partial charge is 0.280 e. The second-order valence-electron chi connectivity index (χ2n) is 10.4. The number of halogens is 1. The van der Waals surface area contributed by atoms with Crippen molar-refractivity contribution in [3.05, 3.63) is 40.2 Å². The number of nitrogen functional groups attached to an aromatic ring is 2. The van der Waals surface area contributed by atoms with E-state index in [0.717, 1.165) is 36.3 Å². The maximum absolute atomic E-state index is 13.6. The Labute approximate surface area is 248 Å². The highest BCUT2D eigenvalue weighted by molar-refractivity contribution is 6.31. The molecule has 4 heterocycles. The number of methoxy groups -OCH3 is 1. The van der Waals surface area contributed by atoms with Crippen LogP contribution < -0.4 is 27.0 Å². The van der Waals surface area contributed by atoms with Gasteiger partial charge in [0.15, 0.2) is 28.4 Å². The first kappa shape index (κ1) is 29.8. The van der Waals surface area contributed by atoms with Crippen molar-refractivity contribution >= 4 is 46.7 Å². The highest BCUT2D eigenvalue weighted by Gasteiger charge is 2.41. The van der Waals surface area contributed by atoms with E-state index in [9.17, 15) is 9.59 Å². The first-order valence-electron chi connectivity index (χ1n) is 13.8. The number of ether oxygens (including phenoxy) is 3. The standard InChI is InChI=1S/C27H36ClN9O5/c1-40-13-14-42-16-41-12-11-36-8-5-17-18(3-2-4-19(17)36)25(39)37-9-6-27(7-10-37)15-31-26(35-27)34-24(38)20-22(29)33-23(30)21(28)32-20/h2-4H,5-16H2,1H3,(H4,29,30,33)(H2,31,34,35,38). The Kier molecular flexibility index (Phi) is 9.26. The summed E-state index contributed by atoms with van der Waals surface area (Å²) in [4.78, 5) is 42.7. The van der Waals surface area contributed by atoms with Crippen LogP contribution in [0.5, 0.6) is 0 Å². The van der Waals surface area contributed by atoms with Crippen LogP contribution in [-0.4, -0.2) is 105 Å². The van der Waals surface area contributed by atoms with Gasteiger partial charge in [0.2, 0.25) is 0 Å². The Morgan fingerprint density at radius 1 is 1.10 bits per heavy atom. The highest BCUT2D eigenvalue weighted by Crippen LogP contribution is 2.33. The van der Waals surface area contributed by atoms with E-state index < -0.39 is 5.91 Å². The Hall–Kier alpha value is -3.72. The van der Waals surface area contributed by atoms with Gasteiger partial charge in [0.1, 0.15) is 6.79 Å². The van der Waals surface area contributed by atoms with Crippen molar-refractivity contribution in [1.29, 1.82) is 0 Å². The van der Waals surface area contributed by atoms with Crippen molar-refractivity contribution in [2.24, 2.45) is 4.99 Å². The minimum Gasteiger partial charge on any atom is -0.382 e. The Morgan fingerprint density at radius 2 is 1.88 bits per heavy atom. The molecule has 226 valence electrons. The second kappa shape index (κ2) is 13.1. The van der Waals surface area contributed by atoms with Crippen LogP contribution >= 0.6 is 11.6 Å². The zero-order valence-electron chi connectivity index (χ0n) is 23.5. The lowest BCUT2D eigenvalue weighted by atomic mass is 9.88. The van der Waals surface area contributed by atoms with Gasteiger partial charge in [-0.15, -0.1) is 0 Å². The number of nitrogens with two attached hydrogens (primary N) is 2. The largest absolute Gasteiger partial charge is 0.382 e. The van der Waals surface area contributed by atoms with E-state index in [1.54, 1.807) is 7.11 Å². The molecule has 0 radical (unpaired) electrons. The lowest BCUT2D eigenvalue weighted by Gasteiger charge is -2.39. The van der Waals surface area contributed by atoms with Crippen molar-refractivity contribution in [3.63, 3.8) is 0 Å². The van der Waals surface area contributed by atoms with Gasteiger partial charge in [0, 0.05) is 44.5 Å². The van der Waals surface area contributed by atoms with Gasteiger partial charge in [-0.2, -0.15) is 0 Å². The van der Waals surface area contributed by atoms with E-state index in [1.807, 2.05) is 17.0 Å². The summed E-state index contributed by atoms with van der Waals surface area (Å²) in [5.74, 6) is -0.410. The number of benzene rings is 1. The monoisotopic (exact) mass is 601 g/mol. The number of carbonyl (C=O) groups is 2. The van der Waals surface area contributed by atoms with Crippen LogP contribution in [0.1, 0.15) is 39.3 Å². The SMILES string of the molecule is COCCOCOCCN1CCc2c(C(=O)N3CCC4(CC3)CN=C(NC(=O)c3nc(Cl)c(N)nc3N)N4)cccc21. The number of nitrogens with one attached hydrogen (secondary N) is 2. The van der Waals surface area contributed by atoms with Crippen molar-refractivity contribution in [1.82, 2.24) is 25.5 Å². The molecule has 0 atom stereocenters. The molecule has 14 nitrogen and oxygen atoms in total. The number of amides is 2. The number of hydrogen-bond donors (Lipinski definition) is 4. The van der Waals surface area contributed by atoms with Crippen molar-refractivity contribution in [3.8, 4) is 0 Å². The molecular formula is C27H36ClN9O5. The Bertz CT molecular complexity index is 1350. The van der Waals surface area contributed by atoms with E-state index in [4.69, 9.17) is 37.3 Å². The second-order valence-corrected chi connectivity index (χ2v) is 10.8. The Balaban J connectivity index is 1.12. The molecule has 6 N–H and O–H groups in total. The van der Waals surface area contributed by atoms with Gasteiger partial charge >= 0.3 is 0 Å². The summed E-state index contributed by atoms with van der Waals surface area (Å²) in [6.07, 6.45) is 2.18. The topological polar surface area (TPSA) is 183 Å². The molecule has 1 aromatic carbocycles. The van der Waals surface area contributed by atoms with E-state index in [1.165, 1.54) is 0 Å². The molecule has 3 aliphatic rings. The van der Waals surface area contributed by atoms with Crippen LogP contribution in [0.4, 0.5) is 17.3 Å². The number of carbonyl (C=O) groups excluding carboxylic acids is 2. The third kappa shape index (κ3) is 6.51. The normalized spacial score (nSPS) is 17.2. The molecule has 0 aliphatic carbocycles.